The van der Waals surface area contributed by atoms with Crippen LogP contribution in [0.5, 0.6) is 11.6 Å². The van der Waals surface area contributed by atoms with E-state index in [-0.39, 0.29) is 5.75 Å². The second-order valence-corrected chi connectivity index (χ2v) is 7.88. The molecule has 5 heterocycles. The quantitative estimate of drug-likeness (QED) is 0.408. The number of nitrogens with one attached hydrogen (secondary N) is 1. The molecule has 176 valence electrons. The van der Waals surface area contributed by atoms with Crippen LogP contribution in [-0.2, 0) is 7.05 Å². The number of benzene rings is 1. The molecule has 12 heteroatoms. The number of aryl methyl sites for hydroxylation is 1. The third-order valence-corrected chi connectivity index (χ3v) is 5.60. The molecule has 0 saturated carbocycles. The molecule has 0 radical (unpaired) electrons. The fourth-order valence-corrected chi connectivity index (χ4v) is 3.89. The van der Waals surface area contributed by atoms with E-state index in [1.54, 1.807) is 27.5 Å². The molecule has 6 rings (SSSR count). The zero-order valence-electron chi connectivity index (χ0n) is 18.4. The zero-order chi connectivity index (χ0) is 23.9. The van der Waals surface area contributed by atoms with Crippen LogP contribution >= 0.6 is 0 Å². The maximum absolute atomic E-state index is 13.6. The van der Waals surface area contributed by atoms with Gasteiger partial charge in [0.15, 0.2) is 29.2 Å². The zero-order valence-corrected chi connectivity index (χ0v) is 18.4. The van der Waals surface area contributed by atoms with E-state index in [0.717, 1.165) is 23.5 Å². The van der Waals surface area contributed by atoms with Gasteiger partial charge in [0, 0.05) is 43.4 Å². The molecular formula is C23H18F2N8O2. The van der Waals surface area contributed by atoms with Gasteiger partial charge in [-0.3, -0.25) is 4.68 Å². The maximum atomic E-state index is 13.6. The van der Waals surface area contributed by atoms with Crippen LogP contribution in [-0.4, -0.2) is 41.0 Å². The highest BCUT2D eigenvalue weighted by Gasteiger charge is 2.26. The van der Waals surface area contributed by atoms with Gasteiger partial charge in [0.25, 0.3) is 0 Å². The topological polar surface area (TPSA) is 104 Å². The Hall–Kier alpha value is -4.61. The number of halogens is 2. The van der Waals surface area contributed by atoms with Crippen molar-refractivity contribution in [1.82, 2.24) is 34.3 Å². The van der Waals surface area contributed by atoms with E-state index in [1.165, 1.54) is 6.07 Å². The van der Waals surface area contributed by atoms with Crippen molar-refractivity contribution in [2.75, 3.05) is 11.9 Å². The summed E-state index contributed by atoms with van der Waals surface area (Å²) in [4.78, 5) is 8.89. The molecule has 0 unspecified atom stereocenters. The standard InChI is InChI=1S/C23H18F2N8O2/c1-32-19(5-8-27-32)29-23-26-7-4-17(28-23)13-10-20-30-31-22-18(6-9-34-21(11-13)33(20)22)35-14-2-3-15(24)16(25)12-14/h2-5,7-8,10-12,18H,6,9H2,1H3,(H,26,28,29)/t18-/m1/s1. The minimum Gasteiger partial charge on any atom is -0.482 e. The number of nitrogens with zero attached hydrogens (tertiary/aromatic N) is 7. The lowest BCUT2D eigenvalue weighted by Crippen LogP contribution is -2.12. The van der Waals surface area contributed by atoms with Crippen molar-refractivity contribution in [3.63, 3.8) is 0 Å². The predicted molar refractivity (Wildman–Crippen MR) is 120 cm³/mol. The van der Waals surface area contributed by atoms with Crippen LogP contribution in [0.4, 0.5) is 20.5 Å². The summed E-state index contributed by atoms with van der Waals surface area (Å²) in [5.74, 6) is 0.471. The lowest BCUT2D eigenvalue weighted by molar-refractivity contribution is 0.165. The normalized spacial score (nSPS) is 15.0. The number of hydrogen-bond donors (Lipinski definition) is 1. The van der Waals surface area contributed by atoms with Gasteiger partial charge in [0.05, 0.1) is 18.5 Å². The first kappa shape index (κ1) is 21.0. The fourth-order valence-electron chi connectivity index (χ4n) is 3.89. The second-order valence-electron chi connectivity index (χ2n) is 7.88. The summed E-state index contributed by atoms with van der Waals surface area (Å²) in [7, 11) is 1.82. The van der Waals surface area contributed by atoms with Crippen LogP contribution in [0.3, 0.4) is 0 Å². The molecule has 4 aromatic heterocycles. The number of hydrogen-bond acceptors (Lipinski definition) is 8. The van der Waals surface area contributed by atoms with Crippen molar-refractivity contribution >= 4 is 17.4 Å². The van der Waals surface area contributed by atoms with Crippen LogP contribution in [0.15, 0.2) is 54.9 Å². The van der Waals surface area contributed by atoms with Gasteiger partial charge in [-0.05, 0) is 24.3 Å². The monoisotopic (exact) mass is 476 g/mol. The number of anilines is 2. The molecule has 1 aliphatic heterocycles. The molecule has 1 atom stereocenters. The van der Waals surface area contributed by atoms with Crippen molar-refractivity contribution in [2.24, 2.45) is 7.05 Å². The van der Waals surface area contributed by atoms with Crippen molar-refractivity contribution in [3.8, 4) is 22.9 Å². The summed E-state index contributed by atoms with van der Waals surface area (Å²) >= 11 is 0. The van der Waals surface area contributed by atoms with Crippen LogP contribution in [0, 0.1) is 11.6 Å². The Balaban J connectivity index is 1.34. The molecule has 10 nitrogen and oxygen atoms in total. The van der Waals surface area contributed by atoms with Gasteiger partial charge >= 0.3 is 0 Å². The first-order chi connectivity index (χ1) is 17.0. The van der Waals surface area contributed by atoms with E-state index in [1.807, 2.05) is 25.2 Å². The number of ether oxygens (including phenoxy) is 2. The van der Waals surface area contributed by atoms with Gasteiger partial charge in [-0.25, -0.2) is 23.1 Å². The largest absolute Gasteiger partial charge is 0.482 e. The van der Waals surface area contributed by atoms with Crippen LogP contribution in [0.25, 0.3) is 16.9 Å². The molecule has 1 aliphatic rings. The van der Waals surface area contributed by atoms with E-state index in [0.29, 0.717) is 42.0 Å². The summed E-state index contributed by atoms with van der Waals surface area (Å²) in [5.41, 5.74) is 1.96. The van der Waals surface area contributed by atoms with Crippen LogP contribution in [0.1, 0.15) is 18.3 Å². The Morgan fingerprint density at radius 2 is 1.97 bits per heavy atom. The molecular weight excluding hydrogens is 458 g/mol. The molecule has 1 N–H and O–H groups in total. The number of aromatic nitrogens is 7. The van der Waals surface area contributed by atoms with Crippen molar-refractivity contribution in [3.05, 3.63) is 72.3 Å². The minimum atomic E-state index is -0.981. The fraction of sp³-hybridized carbons (Fsp3) is 0.174. The van der Waals surface area contributed by atoms with Crippen LogP contribution in [0.2, 0.25) is 0 Å². The molecule has 0 fully saturated rings. The Labute approximate surface area is 197 Å². The molecule has 5 aromatic rings. The average molecular weight is 476 g/mol. The van der Waals surface area contributed by atoms with Gasteiger partial charge in [-0.15, -0.1) is 10.2 Å². The third kappa shape index (κ3) is 3.88. The smallest absolute Gasteiger partial charge is 0.228 e. The SMILES string of the molecule is Cn1nccc1Nc1nccc(-c2cc3n4c(nnc4c2)[C@H](Oc2ccc(F)c(F)c2)CCO3)n1. The molecule has 0 aliphatic carbocycles. The van der Waals surface area contributed by atoms with Gasteiger partial charge in [0.1, 0.15) is 11.6 Å². The lowest BCUT2D eigenvalue weighted by Gasteiger charge is -2.15. The summed E-state index contributed by atoms with van der Waals surface area (Å²) in [6.45, 7) is 0.327. The molecule has 1 aromatic carbocycles. The van der Waals surface area contributed by atoms with Crippen LogP contribution < -0.4 is 14.8 Å². The molecule has 0 spiro atoms. The summed E-state index contributed by atoms with van der Waals surface area (Å²) in [5, 5.41) is 15.8. The molecule has 35 heavy (non-hydrogen) atoms. The first-order valence-electron chi connectivity index (χ1n) is 10.8. The van der Waals surface area contributed by atoms with Gasteiger partial charge in [-0.2, -0.15) is 5.10 Å². The Morgan fingerprint density at radius 1 is 1.06 bits per heavy atom. The average Bonchev–Trinajstić information content (AvgIpc) is 3.42. The Bertz CT molecular complexity index is 1550. The van der Waals surface area contributed by atoms with Crippen molar-refractivity contribution in [1.29, 1.82) is 0 Å². The Kier molecular flexibility index (Phi) is 4.98. The van der Waals surface area contributed by atoms with E-state index in [2.05, 4.69) is 30.6 Å². The summed E-state index contributed by atoms with van der Waals surface area (Å²) < 4.78 is 42.3. The van der Waals surface area contributed by atoms with Crippen molar-refractivity contribution in [2.45, 2.75) is 12.5 Å². The number of pyridine rings is 1. The van der Waals surface area contributed by atoms with Gasteiger partial charge < -0.3 is 14.8 Å². The van der Waals surface area contributed by atoms with E-state index in [9.17, 15) is 8.78 Å². The first-order valence-corrected chi connectivity index (χ1v) is 10.8. The van der Waals surface area contributed by atoms with E-state index < -0.39 is 17.7 Å². The highest BCUT2D eigenvalue weighted by molar-refractivity contribution is 5.67. The molecule has 0 saturated heterocycles. The summed E-state index contributed by atoms with van der Waals surface area (Å²) in [6.07, 6.45) is 3.22. The Morgan fingerprint density at radius 3 is 2.80 bits per heavy atom. The van der Waals surface area contributed by atoms with Gasteiger partial charge in [0.2, 0.25) is 11.8 Å². The summed E-state index contributed by atoms with van der Waals surface area (Å²) in [6, 6.07) is 10.7. The molecule has 0 amide bonds. The third-order valence-electron chi connectivity index (χ3n) is 5.60. The minimum absolute atomic E-state index is 0.195. The number of rotatable bonds is 5. The van der Waals surface area contributed by atoms with E-state index >= 15 is 0 Å². The maximum Gasteiger partial charge on any atom is 0.228 e. The highest BCUT2D eigenvalue weighted by Crippen LogP contribution is 2.33. The lowest BCUT2D eigenvalue weighted by atomic mass is 10.2. The van der Waals surface area contributed by atoms with Gasteiger partial charge in [-0.1, -0.05) is 0 Å². The molecule has 0 bridgehead atoms. The van der Waals surface area contributed by atoms with E-state index in [4.69, 9.17) is 9.47 Å². The highest BCUT2D eigenvalue weighted by atomic mass is 19.2. The predicted octanol–water partition coefficient (Wildman–Crippen LogP) is 3.84. The second kappa shape index (κ2) is 8.31. The van der Waals surface area contributed by atoms with Crippen molar-refractivity contribution < 1.29 is 18.3 Å².